The first-order chi connectivity index (χ1) is 40.3. The molecule has 0 radical (unpaired) electrons. The van der Waals surface area contributed by atoms with Gasteiger partial charge in [-0.2, -0.15) is 5.10 Å². The second kappa shape index (κ2) is 23.2. The zero-order valence-electron chi connectivity index (χ0n) is 47.4. The highest BCUT2D eigenvalue weighted by atomic mass is 19.1. The van der Waals surface area contributed by atoms with E-state index in [0.717, 1.165) is 84.9 Å². The lowest BCUT2D eigenvalue weighted by Crippen LogP contribution is -2.38. The van der Waals surface area contributed by atoms with Crippen LogP contribution in [0.1, 0.15) is 105 Å². The van der Waals surface area contributed by atoms with Crippen LogP contribution in [0.2, 0.25) is 0 Å². The monoisotopic (exact) mass is 1120 g/mol. The third-order valence-electron chi connectivity index (χ3n) is 16.3. The maximum absolute atomic E-state index is 18.1. The van der Waals surface area contributed by atoms with Crippen molar-refractivity contribution < 1.29 is 13.6 Å². The number of amides is 1. The molecule has 0 aromatic carbocycles. The summed E-state index contributed by atoms with van der Waals surface area (Å²) in [5, 5.41) is 15.4. The Hall–Kier alpha value is -8.91. The summed E-state index contributed by atoms with van der Waals surface area (Å²) < 4.78 is 37.3. The number of hydrogen-bond acceptors (Lipinski definition) is 15. The van der Waals surface area contributed by atoms with Crippen molar-refractivity contribution in [1.29, 1.82) is 0 Å². The molecule has 1 amide bonds. The van der Waals surface area contributed by atoms with Crippen molar-refractivity contribution in [2.75, 3.05) is 38.0 Å². The number of carbonyl (C=O) groups excluding carboxylic acids is 1. The summed E-state index contributed by atoms with van der Waals surface area (Å²) in [6.45, 7) is 14.4. The summed E-state index contributed by atoms with van der Waals surface area (Å²) in [6.07, 6.45) is 28.2. The lowest BCUT2D eigenvalue weighted by Gasteiger charge is -2.39. The van der Waals surface area contributed by atoms with Crippen LogP contribution in [0.5, 0.6) is 0 Å². The van der Waals surface area contributed by atoms with E-state index in [1.54, 1.807) is 43.2 Å². The Morgan fingerprint density at radius 2 is 1.65 bits per heavy atom. The molecule has 83 heavy (non-hydrogen) atoms. The number of dihydropyridines is 1. The summed E-state index contributed by atoms with van der Waals surface area (Å²) in [6, 6.07) is 3.06. The van der Waals surface area contributed by atoms with Crippen LogP contribution in [-0.4, -0.2) is 107 Å². The van der Waals surface area contributed by atoms with Gasteiger partial charge in [0, 0.05) is 164 Å². The number of aromatic nitrogens is 8. The van der Waals surface area contributed by atoms with Gasteiger partial charge in [-0.15, -0.1) is 0 Å². The molecule has 8 N–H and O–H groups in total. The predicted molar refractivity (Wildman–Crippen MR) is 322 cm³/mol. The van der Waals surface area contributed by atoms with Gasteiger partial charge >= 0.3 is 0 Å². The number of fused-ring (bicyclic) bond motifs is 3. The molecule has 0 saturated carbocycles. The average molecular weight is 1120 g/mol. The highest BCUT2D eigenvalue weighted by Gasteiger charge is 2.37. The first kappa shape index (κ1) is 54.7. The molecule has 0 bridgehead atoms. The van der Waals surface area contributed by atoms with Crippen molar-refractivity contribution in [1.82, 2.24) is 60.1 Å². The molecule has 6 aliphatic rings. The minimum absolute atomic E-state index is 0.0861. The number of carbonyl (C=O) groups is 1. The fraction of sp³-hybridized carbons (Fsp3) is 0.349. The molecule has 18 nitrogen and oxygen atoms in total. The van der Waals surface area contributed by atoms with Gasteiger partial charge in [-0.1, -0.05) is 26.8 Å². The average Bonchev–Trinajstić information content (AvgIpc) is 4.18. The van der Waals surface area contributed by atoms with Gasteiger partial charge in [0.25, 0.3) is 0 Å². The van der Waals surface area contributed by atoms with Crippen LogP contribution in [-0.2, 0) is 31.4 Å². The van der Waals surface area contributed by atoms with Crippen LogP contribution in [0.25, 0.3) is 56.2 Å². The van der Waals surface area contributed by atoms with E-state index in [0.29, 0.717) is 118 Å². The molecule has 10 heterocycles. The van der Waals surface area contributed by atoms with E-state index < -0.39 is 17.7 Å². The smallest absolute Gasteiger partial charge is 0.226 e. The number of nitrogens with zero attached hydrogens (tertiary/aromatic N) is 11. The number of nitrogens with two attached hydrogens (primary N) is 2. The molecule has 426 valence electrons. The fourth-order valence-corrected chi connectivity index (χ4v) is 12.3. The number of aliphatic imine (C=N–C) groups is 2. The van der Waals surface area contributed by atoms with Crippen molar-refractivity contribution in [2.24, 2.45) is 34.4 Å². The van der Waals surface area contributed by atoms with Gasteiger partial charge in [0.15, 0.2) is 17.5 Å². The SMILES string of the molecule is C=NC1C=C(/C2=C/CC=NCc3cnc(-c4cncc(NC(=O)C(C)C)c4)c(F)c32)NC2=C1C(N1CCCC(c3nc(-c4cncc(CNCC)c4)c(F)c4c(-c5nc6c([nH]5)CC(N)=CC=C6N5CCCCC5)nn(C)c34)C1)=CC=C(N)C2. The number of imidazole rings is 1. The molecular formula is C63H69F2N17O. The van der Waals surface area contributed by atoms with Crippen LogP contribution in [0.3, 0.4) is 0 Å². The van der Waals surface area contributed by atoms with Crippen LogP contribution in [0.15, 0.2) is 124 Å². The van der Waals surface area contributed by atoms with Crippen LogP contribution < -0.4 is 27.4 Å². The number of likely N-dealkylation sites (tertiary alicyclic amines) is 2. The van der Waals surface area contributed by atoms with E-state index in [2.05, 4.69) is 69.5 Å². The minimum Gasteiger partial charge on any atom is -0.402 e. The molecule has 6 aromatic rings. The van der Waals surface area contributed by atoms with Gasteiger partial charge in [0.05, 0.1) is 52.5 Å². The maximum atomic E-state index is 18.1. The molecular weight excluding hydrogens is 1050 g/mol. The topological polar surface area (TPSA) is 234 Å². The molecule has 12 rings (SSSR count). The first-order valence-electron chi connectivity index (χ1n) is 28.8. The van der Waals surface area contributed by atoms with Crippen LogP contribution in [0, 0.1) is 17.6 Å². The Labute approximate surface area is 481 Å². The van der Waals surface area contributed by atoms with Gasteiger partial charge in [0.2, 0.25) is 5.91 Å². The molecule has 2 atom stereocenters. The molecule has 0 spiro atoms. The molecule has 6 aromatic heterocycles. The maximum Gasteiger partial charge on any atom is 0.226 e. The summed E-state index contributed by atoms with van der Waals surface area (Å²) >= 11 is 0. The number of aromatic amines is 1. The predicted octanol–water partition coefficient (Wildman–Crippen LogP) is 9.26. The number of allylic oxidation sites excluding steroid dienone is 7. The van der Waals surface area contributed by atoms with Crippen molar-refractivity contribution in [2.45, 2.75) is 97.2 Å². The molecule has 2 unspecified atom stereocenters. The number of hydrogen-bond donors (Lipinski definition) is 6. The van der Waals surface area contributed by atoms with Gasteiger partial charge in [-0.05, 0) is 93.4 Å². The molecule has 2 fully saturated rings. The Balaban J connectivity index is 0.917. The fourth-order valence-electron chi connectivity index (χ4n) is 12.3. The van der Waals surface area contributed by atoms with Gasteiger partial charge in [0.1, 0.15) is 22.8 Å². The molecule has 2 saturated heterocycles. The number of anilines is 1. The molecule has 20 heteroatoms. The number of pyridine rings is 4. The Bertz CT molecular complexity index is 3850. The summed E-state index contributed by atoms with van der Waals surface area (Å²) in [7, 11) is 1.85. The second-order valence-corrected chi connectivity index (χ2v) is 22.4. The number of piperidine rings is 2. The standard InChI is InChI=1S/C63H69F2N17O/c1-6-69-27-36-22-38(29-71-28-36)57-55(65)53-60(62-76-48-25-42(67)15-17-50(59(48)78-62)81-19-8-7-9-20-81)79-80(5)61(53)58(77-57)37-12-11-21-82(34-37)49-16-14-41(66)24-47-52(49)46(68-4)26-45(75-47)44-13-10-18-70-31-40-32-73-56(54(64)51(40)44)39-23-43(33-72-30-39)74-63(83)35(2)3/h13-18,22-23,26,28-30,32-33,35,37,46,69,75H,4,6-12,19-21,24-25,27,31,34,66-67H2,1-3,5H3,(H,74,83)(H,76,78)/b44-13-,70-18?. The minimum atomic E-state index is -0.575. The lowest BCUT2D eigenvalue weighted by atomic mass is 9.87. The molecule has 2 aliphatic carbocycles. The number of rotatable bonds is 13. The van der Waals surface area contributed by atoms with E-state index in [4.69, 9.17) is 31.5 Å². The zero-order chi connectivity index (χ0) is 57.5. The summed E-state index contributed by atoms with van der Waals surface area (Å²) in [5.41, 5.74) is 26.5. The van der Waals surface area contributed by atoms with Crippen molar-refractivity contribution in [3.8, 4) is 34.0 Å². The van der Waals surface area contributed by atoms with Crippen molar-refractivity contribution in [3.63, 3.8) is 0 Å². The Morgan fingerprint density at radius 1 is 0.880 bits per heavy atom. The normalized spacial score (nSPS) is 19.8. The highest BCUT2D eigenvalue weighted by molar-refractivity contribution is 5.97. The number of nitrogens with one attached hydrogen (secondary N) is 4. The largest absolute Gasteiger partial charge is 0.402 e. The van der Waals surface area contributed by atoms with E-state index in [9.17, 15) is 4.79 Å². The second-order valence-electron chi connectivity index (χ2n) is 22.4. The van der Waals surface area contributed by atoms with E-state index in [1.807, 2.05) is 50.6 Å². The summed E-state index contributed by atoms with van der Waals surface area (Å²) in [5.74, 6) is -1.23. The van der Waals surface area contributed by atoms with E-state index in [-0.39, 0.29) is 35.7 Å². The summed E-state index contributed by atoms with van der Waals surface area (Å²) in [4.78, 5) is 54.4. The first-order valence-corrected chi connectivity index (χ1v) is 28.8. The zero-order valence-corrected chi connectivity index (χ0v) is 47.4. The van der Waals surface area contributed by atoms with Gasteiger partial charge in [-0.25, -0.2) is 18.7 Å². The quantitative estimate of drug-likeness (QED) is 0.0593. The van der Waals surface area contributed by atoms with Crippen molar-refractivity contribution in [3.05, 3.63) is 159 Å². The van der Waals surface area contributed by atoms with Gasteiger partial charge in [-0.3, -0.25) is 34.4 Å². The molecule has 4 aliphatic heterocycles. The van der Waals surface area contributed by atoms with Crippen LogP contribution in [0.4, 0.5) is 14.5 Å². The highest BCUT2D eigenvalue weighted by Crippen LogP contribution is 2.44. The van der Waals surface area contributed by atoms with E-state index in [1.165, 1.54) is 18.8 Å². The lowest BCUT2D eigenvalue weighted by molar-refractivity contribution is -0.118. The number of aryl methyl sites for hydroxylation is 1. The van der Waals surface area contributed by atoms with Gasteiger partial charge < -0.3 is 42.2 Å². The Kier molecular flexibility index (Phi) is 15.2. The van der Waals surface area contributed by atoms with E-state index >= 15 is 8.78 Å². The van der Waals surface area contributed by atoms with Crippen molar-refractivity contribution >= 4 is 46.7 Å². The number of halogens is 2. The van der Waals surface area contributed by atoms with Crippen LogP contribution >= 0.6 is 0 Å². The third kappa shape index (κ3) is 10.7. The Morgan fingerprint density at radius 3 is 2.45 bits per heavy atom. The number of H-pyrrole nitrogens is 1. The third-order valence-corrected chi connectivity index (χ3v) is 16.3.